The Morgan fingerprint density at radius 2 is 1.89 bits per heavy atom. The van der Waals surface area contributed by atoms with E-state index in [-0.39, 0.29) is 10.4 Å². The lowest BCUT2D eigenvalue weighted by molar-refractivity contribution is 0.309. The lowest BCUT2D eigenvalue weighted by Crippen LogP contribution is -2.15. The third kappa shape index (κ3) is 5.05. The van der Waals surface area contributed by atoms with E-state index in [0.29, 0.717) is 0 Å². The Balaban J connectivity index is 3.08. The molecule has 1 aromatic rings. The molecule has 0 heterocycles. The van der Waals surface area contributed by atoms with Crippen molar-refractivity contribution in [3.8, 4) is 0 Å². The highest BCUT2D eigenvalue weighted by atomic mass is 79.9. The van der Waals surface area contributed by atoms with E-state index >= 15 is 0 Å². The van der Waals surface area contributed by atoms with Gasteiger partial charge in [-0.25, -0.2) is 0 Å². The molecule has 0 aliphatic heterocycles. The van der Waals surface area contributed by atoms with Crippen molar-refractivity contribution < 1.29 is 4.43 Å². The summed E-state index contributed by atoms with van der Waals surface area (Å²) in [5, 5.41) is 0.0452. The van der Waals surface area contributed by atoms with Crippen LogP contribution in [0.5, 0.6) is 0 Å². The molecule has 0 bridgehead atoms. The highest BCUT2D eigenvalue weighted by Gasteiger charge is 2.19. The Hall–Kier alpha value is -0.123. The van der Waals surface area contributed by atoms with Gasteiger partial charge in [0.25, 0.3) is 0 Å². The first-order chi connectivity index (χ1) is 8.75. The third-order valence-electron chi connectivity index (χ3n) is 3.11. The van der Waals surface area contributed by atoms with Gasteiger partial charge in [-0.3, -0.25) is 0 Å². The average molecular weight is 343 g/mol. The SMILES string of the molecule is CCCc1cc(C(Br)O[SiH](C)C)ccc1C(C)(C)C. The minimum absolute atomic E-state index is 0.0452. The summed E-state index contributed by atoms with van der Waals surface area (Å²) in [6.07, 6.45) is 2.32. The first-order valence-electron chi connectivity index (χ1n) is 7.18. The second-order valence-corrected chi connectivity index (χ2v) is 9.62. The van der Waals surface area contributed by atoms with Crippen molar-refractivity contribution >= 4 is 25.0 Å². The number of hydrogen-bond donors (Lipinski definition) is 0. The highest BCUT2D eigenvalue weighted by Crippen LogP contribution is 2.32. The monoisotopic (exact) mass is 342 g/mol. The Morgan fingerprint density at radius 3 is 2.37 bits per heavy atom. The normalized spacial score (nSPS) is 13.9. The Labute approximate surface area is 128 Å². The van der Waals surface area contributed by atoms with Crippen LogP contribution in [-0.4, -0.2) is 9.04 Å². The van der Waals surface area contributed by atoms with Gasteiger partial charge >= 0.3 is 0 Å². The molecule has 0 aliphatic carbocycles. The fraction of sp³-hybridized carbons (Fsp3) is 0.625. The largest absolute Gasteiger partial charge is 0.404 e. The standard InChI is InChI=1S/C16H27BrOSi/c1-7-8-12-11-13(15(17)18-19(5)6)9-10-14(12)16(2,3)4/h9-11,15,19H,7-8H2,1-6H3. The zero-order chi connectivity index (χ0) is 14.6. The topological polar surface area (TPSA) is 9.23 Å². The van der Waals surface area contributed by atoms with Gasteiger partial charge in [-0.15, -0.1) is 0 Å². The van der Waals surface area contributed by atoms with Gasteiger partial charge in [0.15, 0.2) is 9.04 Å². The molecule has 1 atom stereocenters. The maximum absolute atomic E-state index is 5.95. The smallest absolute Gasteiger partial charge is 0.172 e. The number of alkyl halides is 1. The van der Waals surface area contributed by atoms with Gasteiger partial charge < -0.3 is 4.43 Å². The van der Waals surface area contributed by atoms with Crippen LogP contribution < -0.4 is 0 Å². The lowest BCUT2D eigenvalue weighted by Gasteiger charge is -2.25. The summed E-state index contributed by atoms with van der Waals surface area (Å²) >= 11 is 3.66. The highest BCUT2D eigenvalue weighted by molar-refractivity contribution is 9.09. The average Bonchev–Trinajstić information content (AvgIpc) is 2.27. The first kappa shape index (κ1) is 16.9. The van der Waals surface area contributed by atoms with Crippen LogP contribution in [0.15, 0.2) is 18.2 Å². The predicted molar refractivity (Wildman–Crippen MR) is 90.8 cm³/mol. The van der Waals surface area contributed by atoms with Crippen LogP contribution in [0.25, 0.3) is 0 Å². The van der Waals surface area contributed by atoms with Gasteiger partial charge in [0.1, 0.15) is 5.01 Å². The van der Waals surface area contributed by atoms with E-state index in [1.807, 2.05) is 0 Å². The molecule has 0 radical (unpaired) electrons. The van der Waals surface area contributed by atoms with Crippen molar-refractivity contribution in [2.45, 2.75) is 64.1 Å². The van der Waals surface area contributed by atoms with E-state index in [1.54, 1.807) is 0 Å². The van der Waals surface area contributed by atoms with Crippen LogP contribution in [-0.2, 0) is 16.3 Å². The van der Waals surface area contributed by atoms with Crippen molar-refractivity contribution in [3.05, 3.63) is 34.9 Å². The molecular formula is C16H27BrOSi. The molecule has 0 saturated heterocycles. The van der Waals surface area contributed by atoms with E-state index < -0.39 is 9.04 Å². The second-order valence-electron chi connectivity index (χ2n) is 6.42. The molecule has 1 nitrogen and oxygen atoms in total. The number of aryl methyl sites for hydroxylation is 1. The molecule has 1 aromatic carbocycles. The van der Waals surface area contributed by atoms with Crippen molar-refractivity contribution in [2.75, 3.05) is 0 Å². The molecule has 1 unspecified atom stereocenters. The van der Waals surface area contributed by atoms with Crippen molar-refractivity contribution in [3.63, 3.8) is 0 Å². The minimum atomic E-state index is -1.02. The summed E-state index contributed by atoms with van der Waals surface area (Å²) in [5.41, 5.74) is 4.38. The van der Waals surface area contributed by atoms with Crippen molar-refractivity contribution in [2.24, 2.45) is 0 Å². The third-order valence-corrected chi connectivity index (χ3v) is 5.07. The first-order valence-corrected chi connectivity index (χ1v) is 10.9. The fourth-order valence-electron chi connectivity index (χ4n) is 2.28. The van der Waals surface area contributed by atoms with E-state index in [2.05, 4.69) is 74.9 Å². The Kier molecular flexibility index (Phi) is 6.28. The molecule has 1 rings (SSSR count). The Morgan fingerprint density at radius 1 is 1.26 bits per heavy atom. The quantitative estimate of drug-likeness (QED) is 0.519. The van der Waals surface area contributed by atoms with Gasteiger partial charge in [-0.05, 0) is 41.6 Å². The molecule has 19 heavy (non-hydrogen) atoms. The van der Waals surface area contributed by atoms with Gasteiger partial charge in [-0.1, -0.05) is 68.2 Å². The number of halogens is 1. The van der Waals surface area contributed by atoms with Crippen LogP contribution in [0, 0.1) is 0 Å². The Bertz CT molecular complexity index is 410. The van der Waals surface area contributed by atoms with E-state index in [1.165, 1.54) is 23.1 Å². The summed E-state index contributed by atoms with van der Waals surface area (Å²) in [4.78, 5) is 0. The van der Waals surface area contributed by atoms with Crippen LogP contribution in [0.1, 0.15) is 55.8 Å². The molecule has 0 N–H and O–H groups in total. The van der Waals surface area contributed by atoms with Crippen molar-refractivity contribution in [1.29, 1.82) is 0 Å². The molecule has 0 aromatic heterocycles. The molecule has 3 heteroatoms. The van der Waals surface area contributed by atoms with E-state index in [4.69, 9.17) is 4.43 Å². The van der Waals surface area contributed by atoms with E-state index in [9.17, 15) is 0 Å². The second kappa shape index (κ2) is 7.05. The summed E-state index contributed by atoms with van der Waals surface area (Å²) in [7, 11) is -1.02. The molecule has 0 spiro atoms. The van der Waals surface area contributed by atoms with Crippen LogP contribution >= 0.6 is 15.9 Å². The molecular weight excluding hydrogens is 316 g/mol. The summed E-state index contributed by atoms with van der Waals surface area (Å²) < 4.78 is 5.95. The molecule has 0 amide bonds. The number of benzene rings is 1. The summed E-state index contributed by atoms with van der Waals surface area (Å²) in [6.45, 7) is 13.5. The molecule has 0 aliphatic rings. The molecule has 108 valence electrons. The minimum Gasteiger partial charge on any atom is -0.404 e. The van der Waals surface area contributed by atoms with Gasteiger partial charge in [-0.2, -0.15) is 0 Å². The van der Waals surface area contributed by atoms with Gasteiger partial charge in [0.2, 0.25) is 0 Å². The fourth-order valence-corrected chi connectivity index (χ4v) is 4.49. The zero-order valence-electron chi connectivity index (χ0n) is 13.1. The van der Waals surface area contributed by atoms with E-state index in [0.717, 1.165) is 6.42 Å². The lowest BCUT2D eigenvalue weighted by atomic mass is 9.82. The molecule has 0 fully saturated rings. The van der Waals surface area contributed by atoms with Crippen LogP contribution in [0.4, 0.5) is 0 Å². The molecule has 0 saturated carbocycles. The van der Waals surface area contributed by atoms with Crippen LogP contribution in [0.3, 0.4) is 0 Å². The van der Waals surface area contributed by atoms with Crippen molar-refractivity contribution in [1.82, 2.24) is 0 Å². The summed E-state index contributed by atoms with van der Waals surface area (Å²) in [5.74, 6) is 0. The maximum Gasteiger partial charge on any atom is 0.172 e. The van der Waals surface area contributed by atoms with Crippen LogP contribution in [0.2, 0.25) is 13.1 Å². The predicted octanol–water partition coefficient (Wildman–Crippen LogP) is 5.33. The zero-order valence-corrected chi connectivity index (χ0v) is 15.8. The van der Waals surface area contributed by atoms with Gasteiger partial charge in [0.05, 0.1) is 0 Å². The number of hydrogen-bond acceptors (Lipinski definition) is 1. The number of rotatable bonds is 5. The summed E-state index contributed by atoms with van der Waals surface area (Å²) in [6, 6.07) is 6.80. The maximum atomic E-state index is 5.95. The van der Waals surface area contributed by atoms with Gasteiger partial charge in [0, 0.05) is 0 Å².